The third-order valence-corrected chi connectivity index (χ3v) is 3.79. The third-order valence-electron chi connectivity index (χ3n) is 3.18. The first-order chi connectivity index (χ1) is 8.56. The van der Waals surface area contributed by atoms with Crippen molar-refractivity contribution in [2.75, 3.05) is 19.1 Å². The molecule has 1 rings (SSSR count). The Labute approximate surface area is 114 Å². The molecule has 0 bridgehead atoms. The lowest BCUT2D eigenvalue weighted by Gasteiger charge is -2.25. The fraction of sp³-hybridized carbons (Fsp3) is 0.571. The van der Waals surface area contributed by atoms with Crippen LogP contribution in [-0.2, 0) is 11.2 Å². The van der Waals surface area contributed by atoms with E-state index >= 15 is 0 Å². The van der Waals surface area contributed by atoms with E-state index < -0.39 is 0 Å². The summed E-state index contributed by atoms with van der Waals surface area (Å²) >= 11 is 1.71. The van der Waals surface area contributed by atoms with Gasteiger partial charge in [0.05, 0.1) is 0 Å². The minimum atomic E-state index is 0.188. The summed E-state index contributed by atoms with van der Waals surface area (Å²) in [5, 5.41) is 0. The molecule has 0 spiro atoms. The topological polar surface area (TPSA) is 33.2 Å². The highest BCUT2D eigenvalue weighted by Gasteiger charge is 2.16. The van der Waals surface area contributed by atoms with Crippen molar-refractivity contribution in [1.82, 2.24) is 9.88 Å². The zero-order chi connectivity index (χ0) is 13.5. The Morgan fingerprint density at radius 1 is 1.56 bits per heavy atom. The average molecular weight is 266 g/mol. The molecule has 0 aliphatic carbocycles. The van der Waals surface area contributed by atoms with Gasteiger partial charge in [-0.05, 0) is 31.7 Å². The van der Waals surface area contributed by atoms with Crippen molar-refractivity contribution in [3.8, 4) is 0 Å². The molecule has 0 fully saturated rings. The van der Waals surface area contributed by atoms with Gasteiger partial charge in [-0.15, -0.1) is 0 Å². The van der Waals surface area contributed by atoms with Crippen LogP contribution in [0.3, 0.4) is 0 Å². The molecule has 0 unspecified atom stereocenters. The van der Waals surface area contributed by atoms with Crippen molar-refractivity contribution in [2.24, 2.45) is 0 Å². The number of nitrogens with zero attached hydrogens (tertiary/aromatic N) is 2. The summed E-state index contributed by atoms with van der Waals surface area (Å²) in [7, 11) is 1.88. The van der Waals surface area contributed by atoms with Crippen LogP contribution in [-0.4, -0.2) is 40.9 Å². The number of likely N-dealkylation sites (N-methyl/N-ethyl adjacent to an activating group) is 1. The molecule has 1 amide bonds. The number of aromatic nitrogens is 1. The summed E-state index contributed by atoms with van der Waals surface area (Å²) in [5.74, 6) is 1.10. The summed E-state index contributed by atoms with van der Waals surface area (Å²) in [6.45, 7) is 4.13. The first kappa shape index (κ1) is 15.0. The summed E-state index contributed by atoms with van der Waals surface area (Å²) in [6, 6.07) is 4.19. The van der Waals surface area contributed by atoms with E-state index in [4.69, 9.17) is 0 Å². The first-order valence-electron chi connectivity index (χ1n) is 6.21. The molecule has 1 aromatic heterocycles. The van der Waals surface area contributed by atoms with Crippen molar-refractivity contribution in [3.63, 3.8) is 0 Å². The molecule has 0 aromatic carbocycles. The second-order valence-electron chi connectivity index (χ2n) is 4.57. The van der Waals surface area contributed by atoms with Crippen LogP contribution in [0.2, 0.25) is 0 Å². The molecule has 3 nitrogen and oxygen atoms in total. The second kappa shape index (κ2) is 7.41. The summed E-state index contributed by atoms with van der Waals surface area (Å²) in [4.78, 5) is 18.1. The molecule has 0 saturated carbocycles. The summed E-state index contributed by atoms with van der Waals surface area (Å²) in [6.07, 6.45) is 5.26. The van der Waals surface area contributed by atoms with Crippen LogP contribution in [0, 0.1) is 6.92 Å². The number of rotatable bonds is 6. The predicted molar refractivity (Wildman–Crippen MR) is 77.9 cm³/mol. The largest absolute Gasteiger partial charge is 0.343 e. The maximum atomic E-state index is 11.9. The van der Waals surface area contributed by atoms with Crippen LogP contribution in [0.5, 0.6) is 0 Å². The number of carbonyl (C=O) groups excluding carboxylic acids is 1. The lowest BCUT2D eigenvalue weighted by molar-refractivity contribution is -0.131. The number of thioether (sulfide) groups is 1. The smallest absolute Gasteiger partial charge is 0.223 e. The van der Waals surface area contributed by atoms with Crippen LogP contribution in [0.15, 0.2) is 18.3 Å². The lowest BCUT2D eigenvalue weighted by atomic mass is 10.1. The number of pyridine rings is 1. The van der Waals surface area contributed by atoms with Gasteiger partial charge in [-0.25, -0.2) is 0 Å². The highest BCUT2D eigenvalue weighted by atomic mass is 32.2. The Kier molecular flexibility index (Phi) is 6.19. The van der Waals surface area contributed by atoms with E-state index in [1.165, 1.54) is 5.56 Å². The van der Waals surface area contributed by atoms with Crippen molar-refractivity contribution < 1.29 is 4.79 Å². The molecule has 1 aromatic rings. The molecule has 0 saturated heterocycles. The Morgan fingerprint density at radius 3 is 2.89 bits per heavy atom. The predicted octanol–water partition coefficient (Wildman–Crippen LogP) is 2.53. The number of aryl methyl sites for hydroxylation is 1. The minimum Gasteiger partial charge on any atom is -0.343 e. The van der Waals surface area contributed by atoms with Crippen molar-refractivity contribution in [1.29, 1.82) is 0 Å². The van der Waals surface area contributed by atoms with E-state index in [2.05, 4.69) is 24.9 Å². The molecule has 1 atom stereocenters. The number of carbonyl (C=O) groups is 1. The highest BCUT2D eigenvalue weighted by molar-refractivity contribution is 7.98. The van der Waals surface area contributed by atoms with Gasteiger partial charge in [0.2, 0.25) is 5.91 Å². The molecular formula is C14H22N2OS. The Bertz CT molecular complexity index is 395. The lowest BCUT2D eigenvalue weighted by Crippen LogP contribution is -2.36. The maximum absolute atomic E-state index is 11.9. The van der Waals surface area contributed by atoms with Crippen LogP contribution < -0.4 is 0 Å². The maximum Gasteiger partial charge on any atom is 0.223 e. The van der Waals surface area contributed by atoms with Crippen LogP contribution in [0.1, 0.15) is 24.6 Å². The zero-order valence-corrected chi connectivity index (χ0v) is 12.5. The minimum absolute atomic E-state index is 0.188. The van der Waals surface area contributed by atoms with Gasteiger partial charge in [0.25, 0.3) is 0 Å². The van der Waals surface area contributed by atoms with Crippen molar-refractivity contribution >= 4 is 17.7 Å². The van der Waals surface area contributed by atoms with E-state index in [0.717, 1.165) is 17.9 Å². The van der Waals surface area contributed by atoms with Gasteiger partial charge in [-0.3, -0.25) is 9.78 Å². The van der Waals surface area contributed by atoms with Gasteiger partial charge >= 0.3 is 0 Å². The van der Waals surface area contributed by atoms with E-state index in [-0.39, 0.29) is 11.9 Å². The summed E-state index contributed by atoms with van der Waals surface area (Å²) in [5.41, 5.74) is 2.27. The quantitative estimate of drug-likeness (QED) is 0.793. The number of amides is 1. The molecule has 1 heterocycles. The molecular weight excluding hydrogens is 244 g/mol. The van der Waals surface area contributed by atoms with Crippen LogP contribution >= 0.6 is 11.8 Å². The van der Waals surface area contributed by atoms with Gasteiger partial charge in [0.15, 0.2) is 0 Å². The monoisotopic (exact) mass is 266 g/mol. The fourth-order valence-electron chi connectivity index (χ4n) is 1.76. The average Bonchev–Trinajstić information content (AvgIpc) is 2.37. The Hall–Kier alpha value is -1.03. The first-order valence-corrected chi connectivity index (χ1v) is 7.60. The number of hydrogen-bond donors (Lipinski definition) is 0. The Morgan fingerprint density at radius 2 is 2.28 bits per heavy atom. The zero-order valence-electron chi connectivity index (χ0n) is 11.6. The van der Waals surface area contributed by atoms with Gasteiger partial charge in [-0.1, -0.05) is 6.07 Å². The normalized spacial score (nSPS) is 12.2. The molecule has 0 aliphatic rings. The van der Waals surface area contributed by atoms with Crippen molar-refractivity contribution in [2.45, 2.75) is 32.7 Å². The molecule has 0 radical (unpaired) electrons. The van der Waals surface area contributed by atoms with Crippen LogP contribution in [0.25, 0.3) is 0 Å². The van der Waals surface area contributed by atoms with Gasteiger partial charge in [0.1, 0.15) is 0 Å². The molecule has 0 N–H and O–H groups in total. The Balaban J connectivity index is 2.57. The standard InChI is InChI=1S/C14H22N2OS/c1-11-6-5-8-15-13(11)10-12(2)16(3)14(17)7-9-18-4/h5-6,8,12H,7,9-10H2,1-4H3/t12-/m1/s1. The van der Waals surface area contributed by atoms with Gasteiger partial charge in [0, 0.05) is 43.6 Å². The van der Waals surface area contributed by atoms with E-state index in [1.54, 1.807) is 11.8 Å². The fourth-order valence-corrected chi connectivity index (χ4v) is 2.14. The van der Waals surface area contributed by atoms with Gasteiger partial charge in [-0.2, -0.15) is 11.8 Å². The molecule has 100 valence electrons. The molecule has 4 heteroatoms. The second-order valence-corrected chi connectivity index (χ2v) is 5.55. The highest BCUT2D eigenvalue weighted by Crippen LogP contribution is 2.11. The van der Waals surface area contributed by atoms with Crippen LogP contribution in [0.4, 0.5) is 0 Å². The SMILES string of the molecule is CSCCC(=O)N(C)[C@H](C)Cc1ncccc1C. The molecule has 0 aliphatic heterocycles. The van der Waals surface area contributed by atoms with E-state index in [1.807, 2.05) is 30.5 Å². The van der Waals surface area contributed by atoms with Crippen molar-refractivity contribution in [3.05, 3.63) is 29.6 Å². The summed E-state index contributed by atoms with van der Waals surface area (Å²) < 4.78 is 0. The van der Waals surface area contributed by atoms with E-state index in [9.17, 15) is 4.79 Å². The third kappa shape index (κ3) is 4.33. The van der Waals surface area contributed by atoms with E-state index in [0.29, 0.717) is 6.42 Å². The molecule has 18 heavy (non-hydrogen) atoms. The number of hydrogen-bond acceptors (Lipinski definition) is 3. The van der Waals surface area contributed by atoms with Gasteiger partial charge < -0.3 is 4.90 Å².